The molecule has 3 heterocycles. The SMILES string of the molecule is Cc1ccn2cc(C(=O)Nc3cccc(OCc4ccccn4)c3)nc2c1. The molecule has 4 aromatic rings. The lowest BCUT2D eigenvalue weighted by Crippen LogP contribution is -2.12. The number of imidazole rings is 1. The van der Waals surface area contributed by atoms with E-state index in [0.717, 1.165) is 16.9 Å². The molecule has 0 aliphatic rings. The number of rotatable bonds is 5. The molecular formula is C21H18N4O2. The Morgan fingerprint density at radius 2 is 2.07 bits per heavy atom. The Morgan fingerprint density at radius 1 is 1.15 bits per heavy atom. The van der Waals surface area contributed by atoms with Crippen molar-refractivity contribution in [1.29, 1.82) is 0 Å². The van der Waals surface area contributed by atoms with Crippen molar-refractivity contribution in [2.24, 2.45) is 0 Å². The van der Waals surface area contributed by atoms with Crippen LogP contribution in [-0.4, -0.2) is 20.3 Å². The number of carbonyl (C=O) groups excluding carboxylic acids is 1. The van der Waals surface area contributed by atoms with Crippen LogP contribution in [-0.2, 0) is 6.61 Å². The molecular weight excluding hydrogens is 340 g/mol. The predicted octanol–water partition coefficient (Wildman–Crippen LogP) is 3.87. The standard InChI is InChI=1S/C21H18N4O2/c1-15-8-10-25-13-19(24-20(25)11-15)21(26)23-16-6-4-7-18(12-16)27-14-17-5-2-3-9-22-17/h2-13H,14H2,1H3,(H,23,26). The van der Waals surface area contributed by atoms with E-state index in [9.17, 15) is 4.79 Å². The number of benzene rings is 1. The minimum absolute atomic E-state index is 0.266. The number of hydrogen-bond acceptors (Lipinski definition) is 4. The Kier molecular flexibility index (Phi) is 4.53. The first-order chi connectivity index (χ1) is 13.2. The molecule has 0 aliphatic heterocycles. The van der Waals surface area contributed by atoms with Gasteiger partial charge in [-0.05, 0) is 48.9 Å². The average molecular weight is 358 g/mol. The zero-order valence-corrected chi connectivity index (χ0v) is 14.8. The molecule has 6 nitrogen and oxygen atoms in total. The summed E-state index contributed by atoms with van der Waals surface area (Å²) >= 11 is 0. The van der Waals surface area contributed by atoms with E-state index in [1.807, 2.05) is 66.1 Å². The number of nitrogens with one attached hydrogen (secondary N) is 1. The summed E-state index contributed by atoms with van der Waals surface area (Å²) in [6.45, 7) is 2.36. The molecule has 0 saturated heterocycles. The lowest BCUT2D eigenvalue weighted by Gasteiger charge is -2.08. The lowest BCUT2D eigenvalue weighted by molar-refractivity contribution is 0.102. The summed E-state index contributed by atoms with van der Waals surface area (Å²) in [6, 6.07) is 16.8. The van der Waals surface area contributed by atoms with Gasteiger partial charge in [0.2, 0.25) is 0 Å². The molecule has 134 valence electrons. The maximum atomic E-state index is 12.5. The molecule has 1 aromatic carbocycles. The van der Waals surface area contributed by atoms with Crippen LogP contribution in [0.3, 0.4) is 0 Å². The maximum absolute atomic E-state index is 12.5. The van der Waals surface area contributed by atoms with Gasteiger partial charge in [-0.25, -0.2) is 4.98 Å². The average Bonchev–Trinajstić information content (AvgIpc) is 3.11. The Morgan fingerprint density at radius 3 is 2.93 bits per heavy atom. The number of nitrogens with zero attached hydrogens (tertiary/aromatic N) is 3. The van der Waals surface area contributed by atoms with Crippen molar-refractivity contribution in [2.75, 3.05) is 5.32 Å². The van der Waals surface area contributed by atoms with E-state index in [0.29, 0.717) is 23.7 Å². The molecule has 4 rings (SSSR count). The van der Waals surface area contributed by atoms with Crippen molar-refractivity contribution in [3.63, 3.8) is 0 Å². The Hall–Kier alpha value is -3.67. The van der Waals surface area contributed by atoms with Crippen molar-refractivity contribution in [3.8, 4) is 5.75 Å². The van der Waals surface area contributed by atoms with Gasteiger partial charge in [0.25, 0.3) is 5.91 Å². The molecule has 0 unspecified atom stereocenters. The minimum atomic E-state index is -0.266. The molecule has 6 heteroatoms. The van der Waals surface area contributed by atoms with Gasteiger partial charge in [-0.15, -0.1) is 0 Å². The Labute approximate surface area is 156 Å². The fraction of sp³-hybridized carbons (Fsp3) is 0.0952. The Balaban J connectivity index is 1.46. The quantitative estimate of drug-likeness (QED) is 0.588. The molecule has 0 atom stereocenters. The van der Waals surface area contributed by atoms with E-state index in [4.69, 9.17) is 4.74 Å². The van der Waals surface area contributed by atoms with Gasteiger partial charge in [0, 0.05) is 30.3 Å². The topological polar surface area (TPSA) is 68.5 Å². The number of anilines is 1. The second kappa shape index (κ2) is 7.29. The molecule has 27 heavy (non-hydrogen) atoms. The van der Waals surface area contributed by atoms with Gasteiger partial charge < -0.3 is 14.5 Å². The third kappa shape index (κ3) is 3.95. The largest absolute Gasteiger partial charge is 0.487 e. The summed E-state index contributed by atoms with van der Waals surface area (Å²) in [4.78, 5) is 21.1. The predicted molar refractivity (Wildman–Crippen MR) is 103 cm³/mol. The first kappa shape index (κ1) is 16.8. The maximum Gasteiger partial charge on any atom is 0.275 e. The van der Waals surface area contributed by atoms with Gasteiger partial charge >= 0.3 is 0 Å². The van der Waals surface area contributed by atoms with Crippen molar-refractivity contribution in [3.05, 3.63) is 90.1 Å². The van der Waals surface area contributed by atoms with Gasteiger partial charge in [0.15, 0.2) is 0 Å². The van der Waals surface area contributed by atoms with Crippen molar-refractivity contribution < 1.29 is 9.53 Å². The van der Waals surface area contributed by atoms with Gasteiger partial charge in [0.05, 0.1) is 5.69 Å². The molecule has 1 amide bonds. The number of aryl methyl sites for hydroxylation is 1. The van der Waals surface area contributed by atoms with Gasteiger partial charge in [-0.1, -0.05) is 12.1 Å². The van der Waals surface area contributed by atoms with Crippen LogP contribution >= 0.6 is 0 Å². The highest BCUT2D eigenvalue weighted by atomic mass is 16.5. The Bertz CT molecular complexity index is 1090. The summed E-state index contributed by atoms with van der Waals surface area (Å²) < 4.78 is 7.58. The molecule has 0 aliphatic carbocycles. The van der Waals surface area contributed by atoms with E-state index in [1.165, 1.54) is 0 Å². The fourth-order valence-corrected chi connectivity index (χ4v) is 2.69. The molecule has 0 radical (unpaired) electrons. The number of fused-ring (bicyclic) bond motifs is 1. The smallest absolute Gasteiger partial charge is 0.275 e. The highest BCUT2D eigenvalue weighted by Gasteiger charge is 2.11. The summed E-state index contributed by atoms with van der Waals surface area (Å²) in [7, 11) is 0. The molecule has 0 saturated carbocycles. The van der Waals surface area contributed by atoms with Gasteiger partial charge in [0.1, 0.15) is 23.7 Å². The third-order valence-electron chi connectivity index (χ3n) is 4.05. The first-order valence-corrected chi connectivity index (χ1v) is 8.57. The van der Waals surface area contributed by atoms with E-state index in [1.54, 1.807) is 18.5 Å². The molecule has 0 fully saturated rings. The second-order valence-electron chi connectivity index (χ2n) is 6.19. The number of amides is 1. The van der Waals surface area contributed by atoms with Crippen molar-refractivity contribution in [2.45, 2.75) is 13.5 Å². The lowest BCUT2D eigenvalue weighted by atomic mass is 10.3. The second-order valence-corrected chi connectivity index (χ2v) is 6.19. The van der Waals surface area contributed by atoms with E-state index >= 15 is 0 Å². The van der Waals surface area contributed by atoms with E-state index in [2.05, 4.69) is 15.3 Å². The third-order valence-corrected chi connectivity index (χ3v) is 4.05. The van der Waals surface area contributed by atoms with Crippen LogP contribution in [0.4, 0.5) is 5.69 Å². The molecule has 1 N–H and O–H groups in total. The van der Waals surface area contributed by atoms with Crippen molar-refractivity contribution in [1.82, 2.24) is 14.4 Å². The number of carbonyl (C=O) groups is 1. The van der Waals surface area contributed by atoms with Crippen LogP contribution < -0.4 is 10.1 Å². The van der Waals surface area contributed by atoms with Gasteiger partial charge in [-0.3, -0.25) is 9.78 Å². The summed E-state index contributed by atoms with van der Waals surface area (Å²) in [5, 5.41) is 2.86. The van der Waals surface area contributed by atoms with Crippen LogP contribution in [0.25, 0.3) is 5.65 Å². The molecule has 0 spiro atoms. The number of aromatic nitrogens is 3. The molecule has 0 bridgehead atoms. The van der Waals surface area contributed by atoms with E-state index < -0.39 is 0 Å². The van der Waals surface area contributed by atoms with E-state index in [-0.39, 0.29) is 5.91 Å². The normalized spacial score (nSPS) is 10.7. The van der Waals surface area contributed by atoms with Crippen LogP contribution in [0, 0.1) is 6.92 Å². The van der Waals surface area contributed by atoms with Crippen LogP contribution in [0.1, 0.15) is 21.7 Å². The summed E-state index contributed by atoms with van der Waals surface area (Å²) in [6.07, 6.45) is 5.33. The highest BCUT2D eigenvalue weighted by molar-refractivity contribution is 6.03. The zero-order valence-electron chi connectivity index (χ0n) is 14.8. The highest BCUT2D eigenvalue weighted by Crippen LogP contribution is 2.19. The summed E-state index contributed by atoms with van der Waals surface area (Å²) in [5.41, 5.74) is 3.68. The van der Waals surface area contributed by atoms with Gasteiger partial charge in [-0.2, -0.15) is 0 Å². The zero-order chi connectivity index (χ0) is 18.6. The van der Waals surface area contributed by atoms with Crippen LogP contribution in [0.2, 0.25) is 0 Å². The first-order valence-electron chi connectivity index (χ1n) is 8.57. The minimum Gasteiger partial charge on any atom is -0.487 e. The fourth-order valence-electron chi connectivity index (χ4n) is 2.69. The summed E-state index contributed by atoms with van der Waals surface area (Å²) in [5.74, 6) is 0.391. The number of hydrogen-bond donors (Lipinski definition) is 1. The van der Waals surface area contributed by atoms with Crippen molar-refractivity contribution >= 4 is 17.2 Å². The molecule has 3 aromatic heterocycles. The van der Waals surface area contributed by atoms with Crippen LogP contribution in [0.15, 0.2) is 73.2 Å². The number of pyridine rings is 2. The number of ether oxygens (including phenoxy) is 1. The van der Waals surface area contributed by atoms with Crippen LogP contribution in [0.5, 0.6) is 5.75 Å². The monoisotopic (exact) mass is 358 g/mol.